The van der Waals surface area contributed by atoms with Gasteiger partial charge < -0.3 is 5.11 Å². The third kappa shape index (κ3) is 4.80. The molecule has 0 fully saturated rings. The third-order valence-electron chi connectivity index (χ3n) is 1.91. The first-order valence-electron chi connectivity index (χ1n) is 4.73. The second-order valence-corrected chi connectivity index (χ2v) is 5.04. The Morgan fingerprint density at radius 3 is 2.44 bits per heavy atom. The fourth-order valence-corrected chi connectivity index (χ4v) is 1.95. The van der Waals surface area contributed by atoms with E-state index in [1.165, 1.54) is 29.8 Å². The van der Waals surface area contributed by atoms with Gasteiger partial charge in [0.2, 0.25) is 0 Å². The lowest BCUT2D eigenvalue weighted by atomic mass is 10.2. The number of benzene rings is 1. The highest BCUT2D eigenvalue weighted by Crippen LogP contribution is 2.20. The van der Waals surface area contributed by atoms with E-state index in [9.17, 15) is 26.7 Å². The minimum atomic E-state index is -4.63. The van der Waals surface area contributed by atoms with Crippen LogP contribution in [0, 0.1) is 6.92 Å². The molecule has 5 nitrogen and oxygen atoms in total. The quantitative estimate of drug-likeness (QED) is 0.733. The lowest BCUT2D eigenvalue weighted by Crippen LogP contribution is -2.37. The highest BCUT2D eigenvalue weighted by atomic mass is 32.2. The Hall–Kier alpha value is -1.48. The van der Waals surface area contributed by atoms with Gasteiger partial charge in [0.25, 0.3) is 10.2 Å². The van der Waals surface area contributed by atoms with Gasteiger partial charge in [0.15, 0.2) is 0 Å². The first kappa shape index (κ1) is 14.6. The fraction of sp³-hybridized carbons (Fsp3) is 0.333. The second-order valence-electron chi connectivity index (χ2n) is 3.54. The summed E-state index contributed by atoms with van der Waals surface area (Å²) in [4.78, 5) is 0. The molecule has 0 unspecified atom stereocenters. The Morgan fingerprint density at radius 1 is 1.33 bits per heavy atom. The molecule has 1 aromatic rings. The number of nitrogens with one attached hydrogen (secondary N) is 2. The van der Waals surface area contributed by atoms with Gasteiger partial charge in [-0.15, -0.1) is 0 Å². The van der Waals surface area contributed by atoms with Gasteiger partial charge in [-0.2, -0.15) is 26.3 Å². The van der Waals surface area contributed by atoms with E-state index in [-0.39, 0.29) is 11.4 Å². The van der Waals surface area contributed by atoms with Crippen molar-refractivity contribution in [1.82, 2.24) is 4.72 Å². The summed E-state index contributed by atoms with van der Waals surface area (Å²) < 4.78 is 61.3. The van der Waals surface area contributed by atoms with Crippen molar-refractivity contribution in [1.29, 1.82) is 0 Å². The van der Waals surface area contributed by atoms with Crippen molar-refractivity contribution in [2.24, 2.45) is 0 Å². The third-order valence-corrected chi connectivity index (χ3v) is 2.94. The van der Waals surface area contributed by atoms with E-state index in [4.69, 9.17) is 0 Å². The number of rotatable bonds is 4. The number of alkyl halides is 3. The van der Waals surface area contributed by atoms with Crippen molar-refractivity contribution in [3.8, 4) is 5.75 Å². The summed E-state index contributed by atoms with van der Waals surface area (Å²) in [6, 6.07) is 3.76. The molecule has 0 aliphatic carbocycles. The molecule has 0 saturated heterocycles. The maximum atomic E-state index is 11.9. The van der Waals surface area contributed by atoms with Crippen molar-refractivity contribution in [2.45, 2.75) is 13.1 Å². The summed E-state index contributed by atoms with van der Waals surface area (Å²) in [5, 5.41) is 9.21. The van der Waals surface area contributed by atoms with Crippen LogP contribution < -0.4 is 9.44 Å². The molecule has 9 heteroatoms. The maximum absolute atomic E-state index is 11.9. The molecule has 0 aromatic heterocycles. The molecule has 0 amide bonds. The summed E-state index contributed by atoms with van der Waals surface area (Å²) in [6.07, 6.45) is -4.63. The summed E-state index contributed by atoms with van der Waals surface area (Å²) in [6.45, 7) is -0.129. The first-order valence-corrected chi connectivity index (χ1v) is 6.21. The van der Waals surface area contributed by atoms with Crippen LogP contribution in [0.4, 0.5) is 18.9 Å². The lowest BCUT2D eigenvalue weighted by molar-refractivity contribution is -0.121. The number of hydrogen-bond acceptors (Lipinski definition) is 3. The van der Waals surface area contributed by atoms with Gasteiger partial charge in [-0.25, -0.2) is 0 Å². The van der Waals surface area contributed by atoms with Gasteiger partial charge in [0, 0.05) is 0 Å². The van der Waals surface area contributed by atoms with E-state index in [0.29, 0.717) is 5.56 Å². The zero-order valence-corrected chi connectivity index (χ0v) is 10.1. The molecular weight excluding hydrogens is 273 g/mol. The van der Waals surface area contributed by atoms with E-state index in [0.717, 1.165) is 0 Å². The van der Waals surface area contributed by atoms with E-state index in [1.54, 1.807) is 0 Å². The van der Waals surface area contributed by atoms with Crippen molar-refractivity contribution in [2.75, 3.05) is 11.3 Å². The maximum Gasteiger partial charge on any atom is 0.402 e. The highest BCUT2D eigenvalue weighted by Gasteiger charge is 2.29. The van der Waals surface area contributed by atoms with E-state index in [1.807, 2.05) is 4.72 Å². The monoisotopic (exact) mass is 284 g/mol. The standard InChI is InChI=1S/C9H11F3N2O3S/c1-6-4-7(2-3-8(6)15)14-18(16,17)13-5-9(10,11)12/h2-4,13-15H,5H2,1H3. The van der Waals surface area contributed by atoms with Crippen molar-refractivity contribution >= 4 is 15.9 Å². The Labute approximate surface area is 102 Å². The molecule has 102 valence electrons. The molecule has 0 atom stereocenters. The molecule has 0 bridgehead atoms. The van der Waals surface area contributed by atoms with Crippen LogP contribution in [0.2, 0.25) is 0 Å². The molecule has 0 radical (unpaired) electrons. The normalized spacial score (nSPS) is 12.4. The van der Waals surface area contributed by atoms with Crippen LogP contribution in [0.1, 0.15) is 5.56 Å². The summed E-state index contributed by atoms with van der Waals surface area (Å²) in [5.41, 5.74) is 0.450. The molecule has 0 aliphatic rings. The summed E-state index contributed by atoms with van der Waals surface area (Å²) in [7, 11) is -4.30. The molecule has 3 N–H and O–H groups in total. The minimum absolute atomic E-state index is 0.0406. The molecular formula is C9H11F3N2O3S. The lowest BCUT2D eigenvalue weighted by Gasteiger charge is -2.11. The smallest absolute Gasteiger partial charge is 0.402 e. The minimum Gasteiger partial charge on any atom is -0.508 e. The number of phenolic OH excluding ortho intramolecular Hbond substituents is 1. The van der Waals surface area contributed by atoms with Gasteiger partial charge in [-0.05, 0) is 30.7 Å². The van der Waals surface area contributed by atoms with Crippen LogP contribution in [0.3, 0.4) is 0 Å². The molecule has 1 rings (SSSR count). The number of aryl methyl sites for hydroxylation is 1. The second kappa shape index (κ2) is 5.02. The van der Waals surface area contributed by atoms with Crippen molar-refractivity contribution < 1.29 is 26.7 Å². The molecule has 18 heavy (non-hydrogen) atoms. The topological polar surface area (TPSA) is 78.4 Å². The van der Waals surface area contributed by atoms with Crippen LogP contribution in [0.5, 0.6) is 5.75 Å². The number of anilines is 1. The zero-order chi connectivity index (χ0) is 14.0. The van der Waals surface area contributed by atoms with E-state index >= 15 is 0 Å². The Morgan fingerprint density at radius 2 is 1.94 bits per heavy atom. The van der Waals surface area contributed by atoms with Crippen LogP contribution in [-0.2, 0) is 10.2 Å². The number of phenols is 1. The van der Waals surface area contributed by atoms with Gasteiger partial charge in [-0.1, -0.05) is 0 Å². The van der Waals surface area contributed by atoms with Crippen molar-refractivity contribution in [3.05, 3.63) is 23.8 Å². The predicted octanol–water partition coefficient (Wildman–Crippen LogP) is 1.51. The SMILES string of the molecule is Cc1cc(NS(=O)(=O)NCC(F)(F)F)ccc1O. The Balaban J connectivity index is 2.74. The van der Waals surface area contributed by atoms with E-state index in [2.05, 4.69) is 0 Å². The first-order chi connectivity index (χ1) is 8.09. The zero-order valence-electron chi connectivity index (χ0n) is 9.25. The molecule has 1 aromatic carbocycles. The molecule has 0 saturated carbocycles. The largest absolute Gasteiger partial charge is 0.508 e. The Kier molecular flexibility index (Phi) is 4.07. The van der Waals surface area contributed by atoms with Crippen LogP contribution in [0.25, 0.3) is 0 Å². The number of hydrogen-bond donors (Lipinski definition) is 3. The van der Waals surface area contributed by atoms with Crippen LogP contribution in [0.15, 0.2) is 18.2 Å². The summed E-state index contributed by atoms with van der Waals surface area (Å²) in [5.74, 6) is -0.0406. The molecule has 0 spiro atoms. The molecule has 0 heterocycles. The number of halogens is 3. The van der Waals surface area contributed by atoms with Crippen LogP contribution in [-0.4, -0.2) is 26.2 Å². The van der Waals surface area contributed by atoms with Crippen molar-refractivity contribution in [3.63, 3.8) is 0 Å². The van der Waals surface area contributed by atoms with Crippen LogP contribution >= 0.6 is 0 Å². The average Bonchev–Trinajstić information content (AvgIpc) is 2.20. The fourth-order valence-electron chi connectivity index (χ4n) is 1.09. The average molecular weight is 284 g/mol. The van der Waals surface area contributed by atoms with Gasteiger partial charge in [-0.3, -0.25) is 4.72 Å². The van der Waals surface area contributed by atoms with Gasteiger partial charge >= 0.3 is 6.18 Å². The van der Waals surface area contributed by atoms with Gasteiger partial charge in [0.1, 0.15) is 12.3 Å². The number of aromatic hydroxyl groups is 1. The van der Waals surface area contributed by atoms with E-state index < -0.39 is 22.9 Å². The summed E-state index contributed by atoms with van der Waals surface area (Å²) >= 11 is 0. The predicted molar refractivity (Wildman–Crippen MR) is 59.4 cm³/mol. The van der Waals surface area contributed by atoms with Gasteiger partial charge in [0.05, 0.1) is 5.69 Å². The molecule has 0 aliphatic heterocycles. The Bertz CT molecular complexity index is 528. The highest BCUT2D eigenvalue weighted by molar-refractivity contribution is 7.90.